The van der Waals surface area contributed by atoms with Crippen LogP contribution in [0.5, 0.6) is 0 Å². The second-order valence-electron chi connectivity index (χ2n) is 11.4. The molecule has 0 aliphatic carbocycles. The van der Waals surface area contributed by atoms with Gasteiger partial charge in [-0.15, -0.1) is 0 Å². The predicted molar refractivity (Wildman–Crippen MR) is 158 cm³/mol. The molecule has 3 aromatic rings. The molecular weight excluding hydrogens is 599 g/mol. The molecular formula is C29H40N6O3Sn. The number of amides is 1. The molecule has 4 heterocycles. The van der Waals surface area contributed by atoms with Crippen LogP contribution < -0.4 is 13.5 Å². The maximum absolute atomic E-state index is 13.7. The Morgan fingerprint density at radius 3 is 2.51 bits per heavy atom. The summed E-state index contributed by atoms with van der Waals surface area (Å²) in [6, 6.07) is 8.72. The first-order valence-electron chi connectivity index (χ1n) is 14.0. The van der Waals surface area contributed by atoms with Gasteiger partial charge in [0.1, 0.15) is 0 Å². The van der Waals surface area contributed by atoms with Crippen LogP contribution in [0.25, 0.3) is 5.65 Å². The van der Waals surface area contributed by atoms with Crippen LogP contribution in [0.3, 0.4) is 0 Å². The Morgan fingerprint density at radius 2 is 1.90 bits per heavy atom. The van der Waals surface area contributed by atoms with E-state index < -0.39 is 31.0 Å². The number of imidazole rings is 1. The number of hydrogen-bond donors (Lipinski definition) is 0. The van der Waals surface area contributed by atoms with Crippen molar-refractivity contribution in [2.75, 3.05) is 49.2 Å². The third kappa shape index (κ3) is 6.46. The number of nitrogens with zero attached hydrogens (tertiary/aromatic N) is 6. The number of ether oxygens (including phenoxy) is 2. The fraction of sp³-hybridized carbons (Fsp3) is 0.517. The van der Waals surface area contributed by atoms with Gasteiger partial charge in [0.15, 0.2) is 0 Å². The van der Waals surface area contributed by atoms with E-state index in [1.807, 2.05) is 43.5 Å². The van der Waals surface area contributed by atoms with Gasteiger partial charge in [-0.05, 0) is 0 Å². The molecule has 0 saturated carbocycles. The van der Waals surface area contributed by atoms with Gasteiger partial charge < -0.3 is 4.74 Å². The van der Waals surface area contributed by atoms with Crippen LogP contribution in [-0.4, -0.2) is 100 Å². The summed E-state index contributed by atoms with van der Waals surface area (Å²) in [5, 5.41) is 0. The number of unbranched alkanes of at least 4 members (excludes halogenated alkanes) is 1. The zero-order chi connectivity index (χ0) is 27.6. The number of carbonyl (C=O) groups excluding carboxylic acids is 1. The Labute approximate surface area is 237 Å². The first kappa shape index (κ1) is 28.0. The summed E-state index contributed by atoms with van der Waals surface area (Å²) in [7, 11) is 0. The number of rotatable bonds is 8. The molecule has 0 bridgehead atoms. The molecule has 2 fully saturated rings. The second-order valence-corrected chi connectivity index (χ2v) is 17.7. The molecule has 1 amide bonds. The van der Waals surface area contributed by atoms with Crippen molar-refractivity contribution in [3.63, 3.8) is 0 Å². The summed E-state index contributed by atoms with van der Waals surface area (Å²) in [5.41, 5.74) is 1.82. The van der Waals surface area contributed by atoms with Crippen molar-refractivity contribution in [3.05, 3.63) is 42.9 Å². The molecule has 39 heavy (non-hydrogen) atoms. The third-order valence-electron chi connectivity index (χ3n) is 7.26. The van der Waals surface area contributed by atoms with E-state index in [0.29, 0.717) is 23.2 Å². The Kier molecular flexibility index (Phi) is 8.58. The monoisotopic (exact) mass is 640 g/mol. The van der Waals surface area contributed by atoms with Gasteiger partial charge in [-0.25, -0.2) is 0 Å². The zero-order valence-electron chi connectivity index (χ0n) is 23.6. The van der Waals surface area contributed by atoms with Gasteiger partial charge in [-0.1, -0.05) is 0 Å². The Balaban J connectivity index is 1.46. The average molecular weight is 639 g/mol. The molecule has 0 radical (unpaired) electrons. The van der Waals surface area contributed by atoms with Crippen LogP contribution in [-0.2, 0) is 9.47 Å². The Hall–Kier alpha value is -2.50. The van der Waals surface area contributed by atoms with Crippen molar-refractivity contribution in [1.82, 2.24) is 19.3 Å². The fourth-order valence-electron chi connectivity index (χ4n) is 4.97. The predicted octanol–water partition coefficient (Wildman–Crippen LogP) is 3.84. The van der Waals surface area contributed by atoms with Gasteiger partial charge in [-0.2, -0.15) is 0 Å². The van der Waals surface area contributed by atoms with Crippen LogP contribution in [0.2, 0.25) is 4.44 Å². The number of carbonyl (C=O) groups is 1. The van der Waals surface area contributed by atoms with Gasteiger partial charge in [0.05, 0.1) is 19.3 Å². The molecule has 0 N–H and O–H groups in total. The number of benzene rings is 1. The summed E-state index contributed by atoms with van der Waals surface area (Å²) in [4.78, 5) is 29.8. The van der Waals surface area contributed by atoms with Gasteiger partial charge >= 0.3 is 215 Å². The molecule has 5 rings (SSSR count). The summed E-state index contributed by atoms with van der Waals surface area (Å²) in [6.45, 7) is 13.5. The molecule has 0 unspecified atom stereocenters. The molecule has 10 heteroatoms. The quantitative estimate of drug-likeness (QED) is 0.347. The molecule has 1 aromatic carbocycles. The van der Waals surface area contributed by atoms with E-state index in [1.54, 1.807) is 11.1 Å². The van der Waals surface area contributed by atoms with Gasteiger partial charge in [-0.3, -0.25) is 0 Å². The van der Waals surface area contributed by atoms with Crippen LogP contribution in [0, 0.1) is 0 Å². The van der Waals surface area contributed by atoms with Crippen LogP contribution in [0.4, 0.5) is 22.0 Å². The number of hydrogen-bond acceptors (Lipinski definition) is 7. The Morgan fingerprint density at radius 1 is 1.18 bits per heavy atom. The van der Waals surface area contributed by atoms with E-state index in [-0.39, 0.29) is 0 Å². The first-order valence-corrected chi connectivity index (χ1v) is 19.4. The average Bonchev–Trinajstić information content (AvgIpc) is 3.35. The van der Waals surface area contributed by atoms with Crippen LogP contribution in [0.15, 0.2) is 42.9 Å². The SMILES string of the molecule is [CH2]=[Sn]([CH2]CCC)[c]1cn2ccnc2c(N(C(=O)OC(C)(C)C)c2ccc(N3CCN(C4COC4)CC3)cc2)n1. The molecule has 2 saturated heterocycles. The van der Waals surface area contributed by atoms with Crippen molar-refractivity contribution in [3.8, 4) is 0 Å². The van der Waals surface area contributed by atoms with E-state index in [1.165, 1.54) is 0 Å². The van der Waals surface area contributed by atoms with E-state index in [0.717, 1.165) is 66.1 Å². The van der Waals surface area contributed by atoms with Crippen LogP contribution in [0.1, 0.15) is 40.5 Å². The van der Waals surface area contributed by atoms with Gasteiger partial charge in [0.25, 0.3) is 0 Å². The number of piperazine rings is 1. The first-order chi connectivity index (χ1) is 18.7. The van der Waals surface area contributed by atoms with Crippen molar-refractivity contribution < 1.29 is 14.3 Å². The number of anilines is 3. The van der Waals surface area contributed by atoms with Crippen LogP contribution >= 0.6 is 0 Å². The van der Waals surface area contributed by atoms with E-state index in [4.69, 9.17) is 14.5 Å². The molecule has 2 aliphatic rings. The topological polar surface area (TPSA) is 75.4 Å². The van der Waals surface area contributed by atoms with Crippen molar-refractivity contribution in [2.24, 2.45) is 0 Å². The fourth-order valence-corrected chi connectivity index (χ4v) is 9.60. The minimum absolute atomic E-state index is 0.469. The summed E-state index contributed by atoms with van der Waals surface area (Å²) >= 11 is -2.19. The standard InChI is InChI=1S/C24H29N6O3.C4H9.CH2.Sn/c1-24(2,3)33-23(31)30(22-21-25-8-10-29(21)11-9-26-22)19-6-4-18(5-7-19)27-12-14-28(15-13-27)20-16-32-17-20;1-3-4-2;;/h4-8,10-11,20H,12-17H2,1-3H3;1,3-4H2,2H3;1H2;. The van der Waals surface area contributed by atoms with E-state index in [2.05, 4.69) is 44.6 Å². The number of fused-ring (bicyclic) bond motifs is 1. The van der Waals surface area contributed by atoms with Crippen molar-refractivity contribution in [2.45, 2.75) is 56.6 Å². The third-order valence-corrected chi connectivity index (χ3v) is 12.7. The normalized spacial score (nSPS) is 16.8. The van der Waals surface area contributed by atoms with E-state index >= 15 is 0 Å². The Bertz CT molecular complexity index is 1310. The molecule has 208 valence electrons. The molecule has 0 atom stereocenters. The summed E-state index contributed by atoms with van der Waals surface area (Å²) in [6.07, 6.45) is 7.52. The van der Waals surface area contributed by atoms with Gasteiger partial charge in [0.2, 0.25) is 0 Å². The molecule has 0 spiro atoms. The zero-order valence-corrected chi connectivity index (χ0v) is 26.5. The summed E-state index contributed by atoms with van der Waals surface area (Å²) in [5.74, 6) is 0.495. The maximum atomic E-state index is 13.7. The minimum atomic E-state index is -2.19. The van der Waals surface area contributed by atoms with E-state index in [9.17, 15) is 4.79 Å². The van der Waals surface area contributed by atoms with Crippen molar-refractivity contribution >= 4 is 56.5 Å². The number of aromatic nitrogens is 3. The summed E-state index contributed by atoms with van der Waals surface area (Å²) < 4.78 is 19.9. The second kappa shape index (κ2) is 11.9. The molecule has 2 aliphatic heterocycles. The van der Waals surface area contributed by atoms with Gasteiger partial charge in [0, 0.05) is 0 Å². The molecule has 2 aromatic heterocycles. The molecule has 9 nitrogen and oxygen atoms in total. The van der Waals surface area contributed by atoms with Crippen molar-refractivity contribution in [1.29, 1.82) is 0 Å².